The first-order valence-electron chi connectivity index (χ1n) is 7.27. The second-order valence-electron chi connectivity index (χ2n) is 5.54. The standard InChI is InChI=1S/C19H18N2O/c1-13-8-11-18(14(2)12-13)21(3)19(22)17-10-9-15-6-4-5-7-16(15)20-17/h4-12H,1-3H3. The molecule has 2 aromatic carbocycles. The van der Waals surface area contributed by atoms with Gasteiger partial charge in [0.05, 0.1) is 5.52 Å². The summed E-state index contributed by atoms with van der Waals surface area (Å²) in [5, 5.41) is 1.04. The number of anilines is 1. The van der Waals surface area contributed by atoms with Crippen molar-refractivity contribution in [1.82, 2.24) is 4.98 Å². The average molecular weight is 290 g/mol. The topological polar surface area (TPSA) is 33.2 Å². The highest BCUT2D eigenvalue weighted by molar-refractivity contribution is 6.05. The molecule has 110 valence electrons. The molecule has 1 amide bonds. The van der Waals surface area contributed by atoms with Gasteiger partial charge in [-0.15, -0.1) is 0 Å². The van der Waals surface area contributed by atoms with Crippen molar-refractivity contribution in [2.45, 2.75) is 13.8 Å². The average Bonchev–Trinajstić information content (AvgIpc) is 2.53. The monoisotopic (exact) mass is 290 g/mol. The lowest BCUT2D eigenvalue weighted by Gasteiger charge is -2.19. The quantitative estimate of drug-likeness (QED) is 0.711. The molecule has 3 aromatic rings. The molecular formula is C19H18N2O. The van der Waals surface area contributed by atoms with Crippen LogP contribution in [0.2, 0.25) is 0 Å². The smallest absolute Gasteiger partial charge is 0.276 e. The van der Waals surface area contributed by atoms with E-state index in [2.05, 4.69) is 11.1 Å². The number of pyridine rings is 1. The van der Waals surface area contributed by atoms with Crippen molar-refractivity contribution in [2.24, 2.45) is 0 Å². The lowest BCUT2D eigenvalue weighted by Crippen LogP contribution is -2.27. The summed E-state index contributed by atoms with van der Waals surface area (Å²) in [7, 11) is 1.79. The number of rotatable bonds is 2. The molecule has 0 saturated carbocycles. The van der Waals surface area contributed by atoms with Crippen molar-refractivity contribution in [3.8, 4) is 0 Å². The van der Waals surface area contributed by atoms with E-state index < -0.39 is 0 Å². The molecule has 0 aliphatic rings. The van der Waals surface area contributed by atoms with Crippen LogP contribution in [0.1, 0.15) is 21.6 Å². The van der Waals surface area contributed by atoms with Crippen LogP contribution >= 0.6 is 0 Å². The van der Waals surface area contributed by atoms with Crippen LogP contribution in [-0.4, -0.2) is 17.9 Å². The number of para-hydroxylation sites is 1. The molecule has 0 N–H and O–H groups in total. The lowest BCUT2D eigenvalue weighted by atomic mass is 10.1. The molecule has 0 saturated heterocycles. The third-order valence-electron chi connectivity index (χ3n) is 3.84. The summed E-state index contributed by atoms with van der Waals surface area (Å²) in [6.45, 7) is 4.06. The van der Waals surface area contributed by atoms with E-state index in [4.69, 9.17) is 0 Å². The van der Waals surface area contributed by atoms with Crippen molar-refractivity contribution in [3.05, 3.63) is 71.4 Å². The molecule has 0 radical (unpaired) electrons. The third-order valence-corrected chi connectivity index (χ3v) is 3.84. The van der Waals surface area contributed by atoms with Crippen LogP contribution in [0.3, 0.4) is 0 Å². The highest BCUT2D eigenvalue weighted by Gasteiger charge is 2.16. The number of aromatic nitrogens is 1. The minimum Gasteiger partial charge on any atom is -0.310 e. The second-order valence-corrected chi connectivity index (χ2v) is 5.54. The zero-order chi connectivity index (χ0) is 15.7. The summed E-state index contributed by atoms with van der Waals surface area (Å²) in [6, 6.07) is 17.6. The van der Waals surface area contributed by atoms with Gasteiger partial charge in [0.15, 0.2) is 0 Å². The Kier molecular flexibility index (Phi) is 3.63. The van der Waals surface area contributed by atoms with Gasteiger partial charge in [-0.1, -0.05) is 42.0 Å². The predicted octanol–water partition coefficient (Wildman–Crippen LogP) is 4.13. The Balaban J connectivity index is 1.97. The Hall–Kier alpha value is -2.68. The van der Waals surface area contributed by atoms with E-state index in [-0.39, 0.29) is 5.91 Å². The van der Waals surface area contributed by atoms with E-state index >= 15 is 0 Å². The minimum absolute atomic E-state index is 0.0993. The van der Waals surface area contributed by atoms with Crippen molar-refractivity contribution in [2.75, 3.05) is 11.9 Å². The molecule has 0 unspecified atom stereocenters. The van der Waals surface area contributed by atoms with Crippen LogP contribution in [0, 0.1) is 13.8 Å². The molecule has 22 heavy (non-hydrogen) atoms. The molecule has 0 bridgehead atoms. The van der Waals surface area contributed by atoms with E-state index in [1.807, 2.05) is 56.3 Å². The van der Waals surface area contributed by atoms with Gasteiger partial charge in [-0.05, 0) is 37.6 Å². The summed E-state index contributed by atoms with van der Waals surface area (Å²) in [5.74, 6) is -0.0993. The zero-order valence-corrected chi connectivity index (χ0v) is 13.0. The molecule has 0 atom stereocenters. The van der Waals surface area contributed by atoms with Crippen LogP contribution < -0.4 is 4.90 Å². The Labute approximate surface area is 130 Å². The maximum atomic E-state index is 12.7. The van der Waals surface area contributed by atoms with E-state index in [0.717, 1.165) is 22.2 Å². The maximum absolute atomic E-state index is 12.7. The van der Waals surface area contributed by atoms with Gasteiger partial charge in [0.2, 0.25) is 0 Å². The number of fused-ring (bicyclic) bond motifs is 1. The van der Waals surface area contributed by atoms with Crippen molar-refractivity contribution < 1.29 is 4.79 Å². The number of benzene rings is 2. The first-order valence-corrected chi connectivity index (χ1v) is 7.27. The molecule has 3 nitrogen and oxygen atoms in total. The normalized spacial score (nSPS) is 10.7. The predicted molar refractivity (Wildman–Crippen MR) is 90.4 cm³/mol. The fourth-order valence-electron chi connectivity index (χ4n) is 2.65. The highest BCUT2D eigenvalue weighted by atomic mass is 16.2. The number of hydrogen-bond acceptors (Lipinski definition) is 2. The summed E-state index contributed by atoms with van der Waals surface area (Å²) in [6.07, 6.45) is 0. The summed E-state index contributed by atoms with van der Waals surface area (Å²) < 4.78 is 0. The van der Waals surface area contributed by atoms with Crippen LogP contribution in [0.25, 0.3) is 10.9 Å². The van der Waals surface area contributed by atoms with Crippen LogP contribution in [0.4, 0.5) is 5.69 Å². The number of aryl methyl sites for hydroxylation is 2. The fraction of sp³-hybridized carbons (Fsp3) is 0.158. The van der Waals surface area contributed by atoms with E-state index in [0.29, 0.717) is 5.69 Å². The number of amides is 1. The van der Waals surface area contributed by atoms with Gasteiger partial charge >= 0.3 is 0 Å². The van der Waals surface area contributed by atoms with Gasteiger partial charge in [0.1, 0.15) is 5.69 Å². The number of nitrogens with zero attached hydrogens (tertiary/aromatic N) is 2. The first-order chi connectivity index (χ1) is 10.6. The first kappa shape index (κ1) is 14.3. The van der Waals surface area contributed by atoms with E-state index in [1.165, 1.54) is 5.56 Å². The van der Waals surface area contributed by atoms with Crippen molar-refractivity contribution >= 4 is 22.5 Å². The summed E-state index contributed by atoms with van der Waals surface area (Å²) in [4.78, 5) is 18.8. The fourth-order valence-corrected chi connectivity index (χ4v) is 2.65. The van der Waals surface area contributed by atoms with Crippen LogP contribution in [-0.2, 0) is 0 Å². The van der Waals surface area contributed by atoms with Gasteiger partial charge in [0.25, 0.3) is 5.91 Å². The number of hydrogen-bond donors (Lipinski definition) is 0. The molecule has 3 rings (SSSR count). The highest BCUT2D eigenvalue weighted by Crippen LogP contribution is 2.22. The van der Waals surface area contributed by atoms with Gasteiger partial charge in [0, 0.05) is 18.1 Å². The molecule has 0 fully saturated rings. The lowest BCUT2D eigenvalue weighted by molar-refractivity contribution is 0.0988. The summed E-state index contributed by atoms with van der Waals surface area (Å²) >= 11 is 0. The molecule has 0 aliphatic heterocycles. The SMILES string of the molecule is Cc1ccc(N(C)C(=O)c2ccc3ccccc3n2)c(C)c1. The van der Waals surface area contributed by atoms with Crippen LogP contribution in [0.5, 0.6) is 0 Å². The summed E-state index contributed by atoms with van der Waals surface area (Å²) in [5.41, 5.74) is 4.47. The Bertz CT molecular complexity index is 855. The van der Waals surface area contributed by atoms with E-state index in [9.17, 15) is 4.79 Å². The van der Waals surface area contributed by atoms with Gasteiger partial charge in [-0.25, -0.2) is 4.98 Å². The van der Waals surface area contributed by atoms with Crippen molar-refractivity contribution in [3.63, 3.8) is 0 Å². The largest absolute Gasteiger partial charge is 0.310 e. The minimum atomic E-state index is -0.0993. The third kappa shape index (κ3) is 2.58. The molecular weight excluding hydrogens is 272 g/mol. The molecule has 3 heteroatoms. The Morgan fingerprint density at radius 1 is 1.00 bits per heavy atom. The molecule has 1 aromatic heterocycles. The van der Waals surface area contributed by atoms with Gasteiger partial charge in [-0.3, -0.25) is 4.79 Å². The van der Waals surface area contributed by atoms with E-state index in [1.54, 1.807) is 18.0 Å². The zero-order valence-electron chi connectivity index (χ0n) is 13.0. The maximum Gasteiger partial charge on any atom is 0.276 e. The van der Waals surface area contributed by atoms with Crippen LogP contribution in [0.15, 0.2) is 54.6 Å². The Morgan fingerprint density at radius 3 is 2.55 bits per heavy atom. The van der Waals surface area contributed by atoms with Crippen molar-refractivity contribution in [1.29, 1.82) is 0 Å². The van der Waals surface area contributed by atoms with Gasteiger partial charge in [-0.2, -0.15) is 0 Å². The molecule has 0 aliphatic carbocycles. The molecule has 0 spiro atoms. The Morgan fingerprint density at radius 2 is 1.77 bits per heavy atom. The number of carbonyl (C=O) groups is 1. The van der Waals surface area contributed by atoms with Gasteiger partial charge < -0.3 is 4.90 Å². The number of carbonyl (C=O) groups excluding carboxylic acids is 1. The second kappa shape index (κ2) is 5.60. The molecule has 1 heterocycles.